The third-order valence-electron chi connectivity index (χ3n) is 3.65. The molecule has 0 amide bonds. The average Bonchev–Trinajstić information content (AvgIpc) is 2.43. The van der Waals surface area contributed by atoms with E-state index in [0.717, 1.165) is 26.1 Å². The van der Waals surface area contributed by atoms with Crippen LogP contribution < -0.4 is 5.32 Å². The molecule has 0 spiro atoms. The predicted octanol–water partition coefficient (Wildman–Crippen LogP) is 1.64. The number of nitrogens with zero attached hydrogens (tertiary/aromatic N) is 1. The van der Waals surface area contributed by atoms with Gasteiger partial charge in [0, 0.05) is 37.4 Å². The number of aromatic nitrogens is 1. The molecule has 0 unspecified atom stereocenters. The summed E-state index contributed by atoms with van der Waals surface area (Å²) >= 11 is 0. The molecule has 1 aromatic rings. The molecule has 3 nitrogen and oxygen atoms in total. The molecule has 96 valence electrons. The van der Waals surface area contributed by atoms with E-state index >= 15 is 0 Å². The van der Waals surface area contributed by atoms with Crippen molar-refractivity contribution in [1.82, 2.24) is 9.88 Å². The minimum Gasteiger partial charge on any atom is -0.387 e. The monoisotopic (exact) mass is 236 g/mol. The molecule has 2 heterocycles. The maximum absolute atomic E-state index is 10.2. The van der Waals surface area contributed by atoms with E-state index in [1.807, 2.05) is 0 Å². The van der Waals surface area contributed by atoms with Crippen LogP contribution in [0.4, 0.5) is 0 Å². The largest absolute Gasteiger partial charge is 0.387 e. The molecule has 3 heteroatoms. The van der Waals surface area contributed by atoms with Gasteiger partial charge in [0.2, 0.25) is 0 Å². The van der Waals surface area contributed by atoms with Crippen LogP contribution in [0.1, 0.15) is 30.8 Å². The second-order valence-corrected chi connectivity index (χ2v) is 5.91. The molecule has 2 N–H and O–H groups in total. The lowest BCUT2D eigenvalue weighted by Crippen LogP contribution is -2.60. The topological polar surface area (TPSA) is 37.2 Å². The molecule has 1 aliphatic heterocycles. The van der Waals surface area contributed by atoms with Crippen LogP contribution in [0.5, 0.6) is 0 Å². The fourth-order valence-corrected chi connectivity index (χ4v) is 2.59. The lowest BCUT2D eigenvalue weighted by molar-refractivity contribution is -0.00915. The zero-order valence-corrected chi connectivity index (χ0v) is 11.4. The van der Waals surface area contributed by atoms with Gasteiger partial charge in [0.25, 0.3) is 0 Å². The maximum atomic E-state index is 10.2. The van der Waals surface area contributed by atoms with Crippen molar-refractivity contribution in [3.63, 3.8) is 0 Å². The van der Waals surface area contributed by atoms with E-state index in [2.05, 4.69) is 43.6 Å². The second-order valence-electron chi connectivity index (χ2n) is 5.91. The summed E-state index contributed by atoms with van der Waals surface area (Å²) in [6.45, 7) is 11.3. The number of hydrogen-bond donors (Lipinski definition) is 2. The Kier molecular flexibility index (Phi) is 3.32. The number of aryl methyl sites for hydroxylation is 1. The molecule has 2 rings (SSSR count). The summed E-state index contributed by atoms with van der Waals surface area (Å²) in [6.07, 6.45) is 0.776. The van der Waals surface area contributed by atoms with Crippen LogP contribution in [-0.2, 0) is 13.0 Å². The van der Waals surface area contributed by atoms with Gasteiger partial charge >= 0.3 is 0 Å². The number of aliphatic hydroxyl groups is 1. The summed E-state index contributed by atoms with van der Waals surface area (Å²) in [5, 5.41) is 13.3. The van der Waals surface area contributed by atoms with Crippen LogP contribution in [0, 0.1) is 19.8 Å². The van der Waals surface area contributed by atoms with E-state index in [1.165, 1.54) is 17.0 Å². The molecule has 0 bridgehead atoms. The summed E-state index contributed by atoms with van der Waals surface area (Å²) in [5.41, 5.74) is 3.41. The quantitative estimate of drug-likeness (QED) is 0.834. The minimum atomic E-state index is -0.513. The normalized spacial score (nSPS) is 18.5. The highest BCUT2D eigenvalue weighted by atomic mass is 16.3. The smallest absolute Gasteiger partial charge is 0.0935 e. The van der Waals surface area contributed by atoms with Crippen LogP contribution in [0.25, 0.3) is 0 Å². The summed E-state index contributed by atoms with van der Waals surface area (Å²) in [6, 6.07) is 2.23. The van der Waals surface area contributed by atoms with Gasteiger partial charge in [-0.25, -0.2) is 0 Å². The molecule has 17 heavy (non-hydrogen) atoms. The molecular formula is C14H24N2O. The van der Waals surface area contributed by atoms with Crippen LogP contribution in [-0.4, -0.2) is 28.4 Å². The average molecular weight is 236 g/mol. The fraction of sp³-hybridized carbons (Fsp3) is 0.714. The van der Waals surface area contributed by atoms with E-state index in [0.29, 0.717) is 5.92 Å². The van der Waals surface area contributed by atoms with Gasteiger partial charge in [-0.3, -0.25) is 0 Å². The Hall–Kier alpha value is -0.800. The zero-order chi connectivity index (χ0) is 12.6. The van der Waals surface area contributed by atoms with Crippen LogP contribution in [0.2, 0.25) is 0 Å². The predicted molar refractivity (Wildman–Crippen MR) is 70.3 cm³/mol. The number of rotatable bonds is 4. The Morgan fingerprint density at radius 3 is 2.53 bits per heavy atom. The van der Waals surface area contributed by atoms with Crippen molar-refractivity contribution >= 4 is 0 Å². The van der Waals surface area contributed by atoms with Crippen molar-refractivity contribution in [2.24, 2.45) is 5.92 Å². The first-order valence-corrected chi connectivity index (χ1v) is 6.50. The van der Waals surface area contributed by atoms with Gasteiger partial charge in [0.1, 0.15) is 0 Å². The van der Waals surface area contributed by atoms with Crippen LogP contribution >= 0.6 is 0 Å². The highest BCUT2D eigenvalue weighted by Crippen LogP contribution is 2.23. The third kappa shape index (κ3) is 2.55. The summed E-state index contributed by atoms with van der Waals surface area (Å²) in [7, 11) is 0. The van der Waals surface area contributed by atoms with Gasteiger partial charge in [-0.05, 0) is 31.4 Å². The third-order valence-corrected chi connectivity index (χ3v) is 3.65. The first-order chi connectivity index (χ1) is 7.91. The van der Waals surface area contributed by atoms with Crippen molar-refractivity contribution in [1.29, 1.82) is 0 Å². The summed E-state index contributed by atoms with van der Waals surface area (Å²) < 4.78 is 2.37. The molecule has 0 radical (unpaired) electrons. The lowest BCUT2D eigenvalue weighted by Gasteiger charge is -2.37. The Morgan fingerprint density at radius 2 is 2.06 bits per heavy atom. The van der Waals surface area contributed by atoms with E-state index in [9.17, 15) is 5.11 Å². The molecule has 1 fully saturated rings. The highest BCUT2D eigenvalue weighted by molar-refractivity contribution is 5.29. The molecule has 0 aliphatic carbocycles. The maximum Gasteiger partial charge on any atom is 0.0935 e. The first-order valence-electron chi connectivity index (χ1n) is 6.50. The zero-order valence-electron chi connectivity index (χ0n) is 11.4. The van der Waals surface area contributed by atoms with E-state index in [-0.39, 0.29) is 0 Å². The fourth-order valence-electron chi connectivity index (χ4n) is 2.59. The van der Waals surface area contributed by atoms with Gasteiger partial charge in [-0.2, -0.15) is 0 Å². The number of nitrogens with one attached hydrogen (secondary N) is 1. The Balaban J connectivity index is 2.18. The molecular weight excluding hydrogens is 212 g/mol. The SMILES string of the molecule is Cc1cc(CC2(O)CNC2)c(C)n1CC(C)C. The first kappa shape index (κ1) is 12.7. The van der Waals surface area contributed by atoms with Crippen molar-refractivity contribution in [2.75, 3.05) is 13.1 Å². The Labute approximate surface area is 104 Å². The summed E-state index contributed by atoms with van der Waals surface area (Å²) in [5.74, 6) is 0.654. The molecule has 1 aromatic heterocycles. The lowest BCUT2D eigenvalue weighted by atomic mass is 9.89. The molecule has 0 saturated carbocycles. The highest BCUT2D eigenvalue weighted by Gasteiger charge is 2.35. The Morgan fingerprint density at radius 1 is 1.41 bits per heavy atom. The van der Waals surface area contributed by atoms with Gasteiger partial charge < -0.3 is 15.0 Å². The van der Waals surface area contributed by atoms with Crippen molar-refractivity contribution in [3.8, 4) is 0 Å². The van der Waals surface area contributed by atoms with Crippen molar-refractivity contribution in [2.45, 2.75) is 46.3 Å². The standard InChI is InChI=1S/C14H24N2O/c1-10(2)7-16-11(3)5-13(12(16)4)6-14(17)8-15-9-14/h5,10,15,17H,6-9H2,1-4H3. The second kappa shape index (κ2) is 4.46. The molecule has 0 aromatic carbocycles. The van der Waals surface area contributed by atoms with Gasteiger partial charge in [-0.15, -0.1) is 0 Å². The Bertz CT molecular complexity index is 403. The van der Waals surface area contributed by atoms with E-state index in [4.69, 9.17) is 0 Å². The van der Waals surface area contributed by atoms with Crippen LogP contribution in [0.3, 0.4) is 0 Å². The van der Waals surface area contributed by atoms with Gasteiger partial charge in [-0.1, -0.05) is 13.8 Å². The molecule has 0 atom stereocenters. The van der Waals surface area contributed by atoms with Gasteiger partial charge in [0.15, 0.2) is 0 Å². The van der Waals surface area contributed by atoms with Crippen molar-refractivity contribution in [3.05, 3.63) is 23.0 Å². The number of hydrogen-bond acceptors (Lipinski definition) is 2. The van der Waals surface area contributed by atoms with E-state index in [1.54, 1.807) is 0 Å². The number of β-amino-alcohol motifs (C(OH)–C–C–N with tert-alkyl or cyclic N) is 1. The van der Waals surface area contributed by atoms with Crippen molar-refractivity contribution < 1.29 is 5.11 Å². The molecule has 1 saturated heterocycles. The van der Waals surface area contributed by atoms with Gasteiger partial charge in [0.05, 0.1) is 5.60 Å². The van der Waals surface area contributed by atoms with E-state index < -0.39 is 5.60 Å². The minimum absolute atomic E-state index is 0.513. The van der Waals surface area contributed by atoms with Crippen LogP contribution in [0.15, 0.2) is 6.07 Å². The molecule has 1 aliphatic rings. The summed E-state index contributed by atoms with van der Waals surface area (Å²) in [4.78, 5) is 0.